The highest BCUT2D eigenvalue weighted by atomic mass is 32.1. The van der Waals surface area contributed by atoms with Gasteiger partial charge in [-0.25, -0.2) is 4.98 Å². The Hall–Kier alpha value is -2.84. The van der Waals surface area contributed by atoms with E-state index in [0.29, 0.717) is 41.1 Å². The van der Waals surface area contributed by atoms with Crippen molar-refractivity contribution < 1.29 is 19.0 Å². The molecular weight excluding hydrogens is 414 g/mol. The lowest BCUT2D eigenvalue weighted by Gasteiger charge is -2.22. The Labute approximate surface area is 186 Å². The fraction of sp³-hybridized carbons (Fsp3) is 0.391. The second-order valence-electron chi connectivity index (χ2n) is 7.66. The van der Waals surface area contributed by atoms with Gasteiger partial charge in [-0.2, -0.15) is 0 Å². The number of carbonyl (C=O) groups is 1. The molecule has 1 amide bonds. The molecule has 0 N–H and O–H groups in total. The second kappa shape index (κ2) is 9.53. The molecule has 2 heterocycles. The smallest absolute Gasteiger partial charge is 0.260 e. The summed E-state index contributed by atoms with van der Waals surface area (Å²) in [6, 6.07) is 11.2. The van der Waals surface area contributed by atoms with Crippen molar-refractivity contribution in [2.24, 2.45) is 0 Å². The van der Waals surface area contributed by atoms with Gasteiger partial charge in [0, 0.05) is 30.8 Å². The van der Waals surface area contributed by atoms with E-state index >= 15 is 0 Å². The van der Waals surface area contributed by atoms with Crippen molar-refractivity contribution in [3.8, 4) is 17.2 Å². The summed E-state index contributed by atoms with van der Waals surface area (Å²) in [7, 11) is 3.98. The SMILES string of the molecule is CCCCOc1cccc(C(=O)N(CCN(C)C)c2nc3cc4c(cc3s2)OCO4)c1. The third kappa shape index (κ3) is 4.91. The van der Waals surface area contributed by atoms with Crippen molar-refractivity contribution >= 4 is 32.6 Å². The first kappa shape index (κ1) is 21.4. The van der Waals surface area contributed by atoms with Crippen LogP contribution in [0.2, 0.25) is 0 Å². The molecule has 0 aliphatic carbocycles. The van der Waals surface area contributed by atoms with E-state index in [0.717, 1.165) is 29.6 Å². The summed E-state index contributed by atoms with van der Waals surface area (Å²) in [5, 5.41) is 0.655. The molecule has 0 saturated heterocycles. The Morgan fingerprint density at radius 3 is 2.74 bits per heavy atom. The molecule has 0 atom stereocenters. The Morgan fingerprint density at radius 1 is 1.16 bits per heavy atom. The molecule has 0 unspecified atom stereocenters. The van der Waals surface area contributed by atoms with Crippen molar-refractivity contribution in [3.63, 3.8) is 0 Å². The summed E-state index contributed by atoms with van der Waals surface area (Å²) in [5.41, 5.74) is 1.38. The molecule has 2 aromatic carbocycles. The minimum atomic E-state index is -0.0955. The van der Waals surface area contributed by atoms with Gasteiger partial charge in [0.25, 0.3) is 5.91 Å². The number of likely N-dealkylation sites (N-methyl/N-ethyl adjacent to an activating group) is 1. The summed E-state index contributed by atoms with van der Waals surface area (Å²) < 4.78 is 17.7. The molecule has 0 radical (unpaired) electrons. The van der Waals surface area contributed by atoms with Gasteiger partial charge in [-0.1, -0.05) is 30.7 Å². The number of benzene rings is 2. The zero-order valence-electron chi connectivity index (χ0n) is 18.1. The lowest BCUT2D eigenvalue weighted by molar-refractivity contribution is 0.0984. The van der Waals surface area contributed by atoms with E-state index in [4.69, 9.17) is 19.2 Å². The van der Waals surface area contributed by atoms with Gasteiger partial charge in [0.15, 0.2) is 16.6 Å². The standard InChI is InChI=1S/C23H27N3O4S/c1-4-5-11-28-17-8-6-7-16(12-17)22(27)26(10-9-25(2)3)23-24-18-13-19-20(30-15-29-19)14-21(18)31-23/h6-8,12-14H,4-5,9-11,15H2,1-3H3. The number of fused-ring (bicyclic) bond motifs is 2. The summed E-state index contributed by atoms with van der Waals surface area (Å²) >= 11 is 1.48. The molecule has 4 rings (SSSR count). The van der Waals surface area contributed by atoms with Crippen LogP contribution in [0.3, 0.4) is 0 Å². The van der Waals surface area contributed by atoms with Gasteiger partial charge < -0.3 is 19.1 Å². The third-order valence-electron chi connectivity index (χ3n) is 4.97. The number of hydrogen-bond donors (Lipinski definition) is 0. The van der Waals surface area contributed by atoms with E-state index in [9.17, 15) is 4.79 Å². The molecule has 1 aliphatic rings. The zero-order chi connectivity index (χ0) is 21.8. The van der Waals surface area contributed by atoms with E-state index in [2.05, 4.69) is 6.92 Å². The molecule has 164 valence electrons. The molecule has 7 nitrogen and oxygen atoms in total. The molecule has 0 saturated carbocycles. The first-order valence-electron chi connectivity index (χ1n) is 10.4. The number of nitrogens with zero attached hydrogens (tertiary/aromatic N) is 3. The third-order valence-corrected chi connectivity index (χ3v) is 6.01. The summed E-state index contributed by atoms with van der Waals surface area (Å²) in [5.74, 6) is 2.02. The molecule has 0 bridgehead atoms. The number of ether oxygens (including phenoxy) is 3. The van der Waals surface area contributed by atoms with Crippen LogP contribution in [0.15, 0.2) is 36.4 Å². The molecule has 0 spiro atoms. The lowest BCUT2D eigenvalue weighted by atomic mass is 10.2. The Morgan fingerprint density at radius 2 is 1.97 bits per heavy atom. The maximum atomic E-state index is 13.5. The van der Waals surface area contributed by atoms with Crippen LogP contribution in [-0.2, 0) is 0 Å². The molecule has 0 fully saturated rings. The first-order valence-corrected chi connectivity index (χ1v) is 11.3. The number of anilines is 1. The van der Waals surface area contributed by atoms with Crippen molar-refractivity contribution in [1.29, 1.82) is 0 Å². The highest BCUT2D eigenvalue weighted by molar-refractivity contribution is 7.22. The predicted molar refractivity (Wildman–Crippen MR) is 123 cm³/mol. The summed E-state index contributed by atoms with van der Waals surface area (Å²) in [4.78, 5) is 22.0. The minimum absolute atomic E-state index is 0.0955. The minimum Gasteiger partial charge on any atom is -0.494 e. The van der Waals surface area contributed by atoms with Crippen molar-refractivity contribution in [3.05, 3.63) is 42.0 Å². The van der Waals surface area contributed by atoms with Crippen molar-refractivity contribution in [2.45, 2.75) is 19.8 Å². The van der Waals surface area contributed by atoms with Crippen LogP contribution < -0.4 is 19.1 Å². The number of unbranched alkanes of at least 4 members (excludes halogenated alkanes) is 1. The lowest BCUT2D eigenvalue weighted by Crippen LogP contribution is -2.36. The number of aromatic nitrogens is 1. The van der Waals surface area contributed by atoms with Crippen LogP contribution >= 0.6 is 11.3 Å². The number of carbonyl (C=O) groups excluding carboxylic acids is 1. The van der Waals surface area contributed by atoms with E-state index in [1.54, 1.807) is 4.90 Å². The van der Waals surface area contributed by atoms with Crippen LogP contribution in [0.1, 0.15) is 30.1 Å². The van der Waals surface area contributed by atoms with Gasteiger partial charge in [0.05, 0.1) is 16.8 Å². The first-order chi connectivity index (χ1) is 15.0. The Balaban J connectivity index is 1.62. The molecule has 31 heavy (non-hydrogen) atoms. The van der Waals surface area contributed by atoms with Gasteiger partial charge in [0.1, 0.15) is 5.75 Å². The van der Waals surface area contributed by atoms with E-state index in [-0.39, 0.29) is 12.7 Å². The maximum absolute atomic E-state index is 13.5. The largest absolute Gasteiger partial charge is 0.494 e. The quantitative estimate of drug-likeness (QED) is 0.458. The summed E-state index contributed by atoms with van der Waals surface area (Å²) in [6.45, 7) is 4.24. The Kier molecular flexibility index (Phi) is 6.58. The normalized spacial score (nSPS) is 12.5. The van der Waals surface area contributed by atoms with E-state index in [1.807, 2.05) is 55.4 Å². The van der Waals surface area contributed by atoms with Crippen LogP contribution in [0.4, 0.5) is 5.13 Å². The average Bonchev–Trinajstić information content (AvgIpc) is 3.38. The van der Waals surface area contributed by atoms with Crippen LogP contribution in [0.5, 0.6) is 17.2 Å². The molecule has 1 aliphatic heterocycles. The zero-order valence-corrected chi connectivity index (χ0v) is 18.9. The van der Waals surface area contributed by atoms with Crippen LogP contribution in [0, 0.1) is 0 Å². The van der Waals surface area contributed by atoms with Gasteiger partial charge in [-0.05, 0) is 38.7 Å². The van der Waals surface area contributed by atoms with Crippen LogP contribution in [-0.4, -0.2) is 56.4 Å². The number of amides is 1. The second-order valence-corrected chi connectivity index (χ2v) is 8.67. The molecular formula is C23H27N3O4S. The van der Waals surface area contributed by atoms with Gasteiger partial charge in [-0.3, -0.25) is 9.69 Å². The molecule has 8 heteroatoms. The summed E-state index contributed by atoms with van der Waals surface area (Å²) in [6.07, 6.45) is 2.05. The predicted octanol–water partition coefficient (Wildman–Crippen LogP) is 4.41. The number of rotatable bonds is 9. The van der Waals surface area contributed by atoms with Gasteiger partial charge in [-0.15, -0.1) is 0 Å². The highest BCUT2D eigenvalue weighted by Gasteiger charge is 2.23. The maximum Gasteiger partial charge on any atom is 0.260 e. The monoisotopic (exact) mass is 441 g/mol. The van der Waals surface area contributed by atoms with Gasteiger partial charge in [0.2, 0.25) is 6.79 Å². The average molecular weight is 442 g/mol. The highest BCUT2D eigenvalue weighted by Crippen LogP contribution is 2.40. The molecule has 3 aromatic rings. The van der Waals surface area contributed by atoms with Crippen LogP contribution in [0.25, 0.3) is 10.2 Å². The fourth-order valence-corrected chi connectivity index (χ4v) is 4.21. The number of thiazole rings is 1. The van der Waals surface area contributed by atoms with Gasteiger partial charge >= 0.3 is 0 Å². The van der Waals surface area contributed by atoms with Crippen molar-refractivity contribution in [1.82, 2.24) is 9.88 Å². The fourth-order valence-electron chi connectivity index (χ4n) is 3.21. The number of hydrogen-bond acceptors (Lipinski definition) is 7. The van der Waals surface area contributed by atoms with Crippen molar-refractivity contribution in [2.75, 3.05) is 45.5 Å². The van der Waals surface area contributed by atoms with E-state index < -0.39 is 0 Å². The topological polar surface area (TPSA) is 64.1 Å². The van der Waals surface area contributed by atoms with E-state index in [1.165, 1.54) is 11.3 Å². The Bertz CT molecular complexity index is 1030. The molecule has 1 aromatic heterocycles.